The van der Waals surface area contributed by atoms with Crippen molar-refractivity contribution >= 4 is 23.4 Å². The normalized spacial score (nSPS) is 16.4. The minimum atomic E-state index is -0.469. The van der Waals surface area contributed by atoms with Gasteiger partial charge in [-0.15, -0.1) is 0 Å². The predicted octanol–water partition coefficient (Wildman–Crippen LogP) is 0.734. The molecule has 0 aliphatic carbocycles. The number of carbonyl (C=O) groups excluding carboxylic acids is 1. The Hall–Kier alpha value is -1.23. The van der Waals surface area contributed by atoms with Crippen molar-refractivity contribution in [2.75, 3.05) is 29.5 Å². The molecule has 0 bridgehead atoms. The summed E-state index contributed by atoms with van der Waals surface area (Å²) in [7, 11) is 0. The van der Waals surface area contributed by atoms with E-state index in [0.717, 1.165) is 30.3 Å². The van der Waals surface area contributed by atoms with Crippen LogP contribution in [-0.2, 0) is 0 Å². The highest BCUT2D eigenvalue weighted by Crippen LogP contribution is 2.19. The van der Waals surface area contributed by atoms with Crippen LogP contribution in [-0.4, -0.2) is 35.5 Å². The van der Waals surface area contributed by atoms with Crippen molar-refractivity contribution in [3.8, 4) is 0 Å². The van der Waals surface area contributed by atoms with Crippen LogP contribution in [0.25, 0.3) is 0 Å². The van der Waals surface area contributed by atoms with Crippen LogP contribution < -0.4 is 10.6 Å². The number of rotatable bonds is 2. The van der Waals surface area contributed by atoms with E-state index in [4.69, 9.17) is 5.73 Å². The summed E-state index contributed by atoms with van der Waals surface area (Å²) < 4.78 is 0. The van der Waals surface area contributed by atoms with Crippen LogP contribution in [0.15, 0.2) is 18.3 Å². The molecule has 1 aliphatic rings. The number of nitrogens with zero attached hydrogens (tertiary/aromatic N) is 2. The summed E-state index contributed by atoms with van der Waals surface area (Å²) >= 11 is 1.95. The van der Waals surface area contributed by atoms with Gasteiger partial charge in [0.05, 0.1) is 0 Å². The number of aromatic nitrogens is 1. The van der Waals surface area contributed by atoms with Gasteiger partial charge in [-0.1, -0.05) is 0 Å². The maximum Gasteiger partial charge on any atom is 0.267 e. The van der Waals surface area contributed by atoms with Crippen molar-refractivity contribution in [3.05, 3.63) is 24.0 Å². The second kappa shape index (κ2) is 4.53. The van der Waals surface area contributed by atoms with Crippen LogP contribution in [0.3, 0.4) is 0 Å². The van der Waals surface area contributed by atoms with Gasteiger partial charge in [-0.2, -0.15) is 11.8 Å². The van der Waals surface area contributed by atoms with Gasteiger partial charge in [0.25, 0.3) is 5.91 Å². The molecule has 1 amide bonds. The number of hydrogen-bond donors (Lipinski definition) is 1. The monoisotopic (exact) mass is 223 g/mol. The fraction of sp³-hybridized carbons (Fsp3) is 0.400. The molecule has 1 saturated heterocycles. The minimum absolute atomic E-state index is 0.339. The Morgan fingerprint density at radius 1 is 1.47 bits per heavy atom. The fourth-order valence-corrected chi connectivity index (χ4v) is 2.48. The van der Waals surface area contributed by atoms with E-state index in [1.54, 1.807) is 12.3 Å². The summed E-state index contributed by atoms with van der Waals surface area (Å²) in [6, 6.07) is 3.68. The third-order valence-corrected chi connectivity index (χ3v) is 3.31. The average Bonchev–Trinajstić information content (AvgIpc) is 2.30. The lowest BCUT2D eigenvalue weighted by atomic mass is 10.2. The van der Waals surface area contributed by atoms with Gasteiger partial charge in [-0.25, -0.2) is 0 Å². The number of thioether (sulfide) groups is 1. The Bertz CT molecular complexity index is 363. The lowest BCUT2D eigenvalue weighted by Gasteiger charge is -2.28. The molecule has 1 aromatic rings. The van der Waals surface area contributed by atoms with E-state index in [1.165, 1.54) is 0 Å². The van der Waals surface area contributed by atoms with Gasteiger partial charge >= 0.3 is 0 Å². The quantitative estimate of drug-likeness (QED) is 0.803. The molecule has 0 radical (unpaired) electrons. The standard InChI is InChI=1S/C10H13N3OS/c11-10(14)9-7-8(1-2-12-9)13-3-5-15-6-4-13/h1-2,7H,3-6H2,(H2,11,14). The van der Waals surface area contributed by atoms with E-state index < -0.39 is 5.91 Å². The molecule has 1 aromatic heterocycles. The van der Waals surface area contributed by atoms with Crippen LogP contribution >= 0.6 is 11.8 Å². The van der Waals surface area contributed by atoms with Crippen molar-refractivity contribution in [3.63, 3.8) is 0 Å². The topological polar surface area (TPSA) is 59.2 Å². The number of hydrogen-bond acceptors (Lipinski definition) is 4. The number of amides is 1. The first-order valence-electron chi connectivity index (χ1n) is 4.86. The highest BCUT2D eigenvalue weighted by atomic mass is 32.2. The zero-order chi connectivity index (χ0) is 10.7. The van der Waals surface area contributed by atoms with E-state index >= 15 is 0 Å². The summed E-state index contributed by atoms with van der Waals surface area (Å²) in [6.45, 7) is 2.04. The molecule has 80 valence electrons. The van der Waals surface area contributed by atoms with E-state index in [-0.39, 0.29) is 0 Å². The molecule has 0 unspecified atom stereocenters. The summed E-state index contributed by atoms with van der Waals surface area (Å²) in [5, 5.41) is 0. The van der Waals surface area contributed by atoms with Crippen LogP contribution in [0.5, 0.6) is 0 Å². The SMILES string of the molecule is NC(=O)c1cc(N2CCSCC2)ccn1. The molecular formula is C10H13N3OS. The number of pyridine rings is 1. The molecule has 2 N–H and O–H groups in total. The maximum absolute atomic E-state index is 11.0. The highest BCUT2D eigenvalue weighted by molar-refractivity contribution is 7.99. The molecule has 1 fully saturated rings. The molecule has 1 aliphatic heterocycles. The van der Waals surface area contributed by atoms with Gasteiger partial charge in [-0.05, 0) is 12.1 Å². The van der Waals surface area contributed by atoms with Gasteiger partial charge < -0.3 is 10.6 Å². The smallest absolute Gasteiger partial charge is 0.267 e. The van der Waals surface area contributed by atoms with E-state index in [9.17, 15) is 4.79 Å². The largest absolute Gasteiger partial charge is 0.370 e. The molecule has 2 rings (SSSR count). The predicted molar refractivity (Wildman–Crippen MR) is 62.3 cm³/mol. The molecule has 2 heterocycles. The van der Waals surface area contributed by atoms with Crippen molar-refractivity contribution in [2.24, 2.45) is 5.73 Å². The van der Waals surface area contributed by atoms with Gasteiger partial charge in [0.15, 0.2) is 0 Å². The summed E-state index contributed by atoms with van der Waals surface area (Å²) in [5.41, 5.74) is 6.57. The summed E-state index contributed by atoms with van der Waals surface area (Å²) in [6.07, 6.45) is 1.64. The Morgan fingerprint density at radius 2 is 2.20 bits per heavy atom. The van der Waals surface area contributed by atoms with Gasteiger partial charge in [0.1, 0.15) is 5.69 Å². The average molecular weight is 223 g/mol. The first kappa shape index (κ1) is 10.3. The molecule has 4 nitrogen and oxygen atoms in total. The van der Waals surface area contributed by atoms with Crippen molar-refractivity contribution in [1.29, 1.82) is 0 Å². The third kappa shape index (κ3) is 2.41. The van der Waals surface area contributed by atoms with Crippen molar-refractivity contribution in [1.82, 2.24) is 4.98 Å². The third-order valence-electron chi connectivity index (χ3n) is 2.37. The van der Waals surface area contributed by atoms with Crippen LogP contribution in [0, 0.1) is 0 Å². The van der Waals surface area contributed by atoms with Gasteiger partial charge in [0.2, 0.25) is 0 Å². The number of carbonyl (C=O) groups is 1. The molecule has 0 spiro atoms. The lowest BCUT2D eigenvalue weighted by molar-refractivity contribution is 0.0995. The van der Waals surface area contributed by atoms with Crippen LogP contribution in [0.4, 0.5) is 5.69 Å². The molecule has 0 aromatic carbocycles. The van der Waals surface area contributed by atoms with Crippen molar-refractivity contribution in [2.45, 2.75) is 0 Å². The molecule has 5 heteroatoms. The van der Waals surface area contributed by atoms with E-state index in [0.29, 0.717) is 5.69 Å². The first-order chi connectivity index (χ1) is 7.27. The first-order valence-corrected chi connectivity index (χ1v) is 6.01. The Morgan fingerprint density at radius 3 is 2.87 bits per heavy atom. The summed E-state index contributed by atoms with van der Waals surface area (Å²) in [5.74, 6) is 1.80. The lowest BCUT2D eigenvalue weighted by Crippen LogP contribution is -2.32. The number of anilines is 1. The van der Waals surface area contributed by atoms with Crippen LogP contribution in [0.1, 0.15) is 10.5 Å². The van der Waals surface area contributed by atoms with E-state index in [1.807, 2.05) is 17.8 Å². The fourth-order valence-electron chi connectivity index (χ4n) is 1.57. The Balaban J connectivity index is 2.19. The maximum atomic E-state index is 11.0. The second-order valence-corrected chi connectivity index (χ2v) is 4.59. The van der Waals surface area contributed by atoms with Gasteiger partial charge in [-0.3, -0.25) is 9.78 Å². The molecule has 15 heavy (non-hydrogen) atoms. The Labute approximate surface area is 92.9 Å². The number of nitrogens with two attached hydrogens (primary N) is 1. The van der Waals surface area contributed by atoms with Gasteiger partial charge in [0, 0.05) is 36.5 Å². The molecular weight excluding hydrogens is 210 g/mol. The minimum Gasteiger partial charge on any atom is -0.370 e. The molecule has 0 atom stereocenters. The van der Waals surface area contributed by atoms with E-state index in [2.05, 4.69) is 9.88 Å². The number of primary amides is 1. The Kier molecular flexibility index (Phi) is 3.11. The summed E-state index contributed by atoms with van der Waals surface area (Å²) in [4.78, 5) is 17.2. The molecule has 0 saturated carbocycles. The zero-order valence-corrected chi connectivity index (χ0v) is 9.17. The van der Waals surface area contributed by atoms with Crippen molar-refractivity contribution < 1.29 is 4.79 Å². The zero-order valence-electron chi connectivity index (χ0n) is 8.35. The van der Waals surface area contributed by atoms with Crippen LogP contribution in [0.2, 0.25) is 0 Å². The second-order valence-electron chi connectivity index (χ2n) is 3.36. The highest BCUT2D eigenvalue weighted by Gasteiger charge is 2.12.